The summed E-state index contributed by atoms with van der Waals surface area (Å²) in [7, 11) is -4.64. The van der Waals surface area contributed by atoms with E-state index in [1.165, 1.54) is 0 Å². The van der Waals surface area contributed by atoms with Gasteiger partial charge in [-0.2, -0.15) is 0 Å². The third-order valence-corrected chi connectivity index (χ3v) is 0. The normalized spacial score (nSPS) is 5.90. The Balaban J connectivity index is -0.00000000800. The molecular weight excluding hydrogens is 305 g/mol. The molecule has 0 aromatic heterocycles. The van der Waals surface area contributed by atoms with E-state index in [2.05, 4.69) is 0 Å². The average Bonchev–Trinajstić information content (AvgIpc) is 0.722. The summed E-state index contributed by atoms with van der Waals surface area (Å²) in [4.78, 5) is 21.6. The van der Waals surface area contributed by atoms with Gasteiger partial charge in [-0.05, 0) is 0 Å². The van der Waals surface area contributed by atoms with Crippen LogP contribution in [-0.4, -0.2) is 151 Å². The fourth-order valence-electron chi connectivity index (χ4n) is 0. The molecule has 3 N–H and O–H groups in total. The van der Waals surface area contributed by atoms with Crippen LogP contribution in [0.2, 0.25) is 0 Å². The van der Waals surface area contributed by atoms with Gasteiger partial charge in [0.15, 0.2) is 0 Å². The molecule has 4 nitrogen and oxygen atoms in total. The summed E-state index contributed by atoms with van der Waals surface area (Å²) < 4.78 is 8.88. The van der Waals surface area contributed by atoms with E-state index in [-0.39, 0.29) is 156 Å². The Hall–Kier alpha value is 5.28. The quantitative estimate of drug-likeness (QED) is 0.311. The summed E-state index contributed by atoms with van der Waals surface area (Å²) >= 11 is 0. The molecular formula is H11Ca3MgO4PZn. The molecule has 0 rings (SSSR count). The summed E-state index contributed by atoms with van der Waals surface area (Å²) in [6, 6.07) is 0. The molecule has 0 fully saturated rings. The maximum Gasteiger partial charge on any atom is 0.316 e. The smallest absolute Gasteiger partial charge is 0 e. The van der Waals surface area contributed by atoms with Gasteiger partial charge in [0.05, 0.1) is 0 Å². The molecule has 0 amide bonds. The fraction of sp³-hybridized carbons (Fsp3) is 0. The Morgan fingerprint density at radius 1 is 0.900 bits per heavy atom. The van der Waals surface area contributed by atoms with Crippen LogP contribution in [0.4, 0.5) is 0 Å². The van der Waals surface area contributed by atoms with Crippen molar-refractivity contribution in [3.63, 3.8) is 0 Å². The van der Waals surface area contributed by atoms with Crippen molar-refractivity contribution in [1.29, 1.82) is 0 Å². The molecule has 10 heteroatoms. The molecule has 0 aromatic carbocycles. The number of hydrogen-bond donors (Lipinski definition) is 3. The van der Waals surface area contributed by atoms with Gasteiger partial charge in [-0.1, -0.05) is 0 Å². The summed E-state index contributed by atoms with van der Waals surface area (Å²) in [6.07, 6.45) is 0. The van der Waals surface area contributed by atoms with Crippen LogP contribution in [0.25, 0.3) is 0 Å². The molecule has 10 heavy (non-hydrogen) atoms. The van der Waals surface area contributed by atoms with Crippen LogP contribution in [-0.2, 0) is 24.0 Å². The molecule has 0 atom stereocenters. The van der Waals surface area contributed by atoms with Crippen LogP contribution in [0.1, 0.15) is 0 Å². The molecule has 0 saturated heterocycles. The van der Waals surface area contributed by atoms with E-state index >= 15 is 0 Å². The molecule has 0 aliphatic carbocycles. The molecule has 0 saturated carbocycles. The summed E-state index contributed by atoms with van der Waals surface area (Å²) in [6.45, 7) is 0. The van der Waals surface area contributed by atoms with Crippen LogP contribution in [0.3, 0.4) is 0 Å². The van der Waals surface area contributed by atoms with Crippen molar-refractivity contribution in [2.45, 2.75) is 0 Å². The first-order valence-corrected chi connectivity index (χ1v) is 2.35. The topological polar surface area (TPSA) is 77.8 Å². The Morgan fingerprint density at radius 3 is 0.900 bits per heavy atom. The molecule has 0 aliphatic rings. The number of rotatable bonds is 0. The third kappa shape index (κ3) is 71.8. The predicted molar refractivity (Wildman–Crippen MR) is 48.4 cm³/mol. The van der Waals surface area contributed by atoms with Gasteiger partial charge in [-0.3, -0.25) is 0 Å². The molecule has 0 aromatic rings. The van der Waals surface area contributed by atoms with Crippen molar-refractivity contribution in [2.75, 3.05) is 0 Å². The molecule has 0 heterocycles. The third-order valence-electron chi connectivity index (χ3n) is 0. The maximum atomic E-state index is 8.88. The van der Waals surface area contributed by atoms with E-state index < -0.39 is 7.82 Å². The largest absolute Gasteiger partial charge is 0.316 e. The van der Waals surface area contributed by atoms with E-state index in [9.17, 15) is 0 Å². The van der Waals surface area contributed by atoms with Gasteiger partial charge >= 0.3 is 144 Å². The van der Waals surface area contributed by atoms with Gasteiger partial charge in [0.25, 0.3) is 0 Å². The second kappa shape index (κ2) is 19.8. The summed E-state index contributed by atoms with van der Waals surface area (Å²) in [5, 5.41) is 0. The van der Waals surface area contributed by atoms with Crippen LogP contribution < -0.4 is 0 Å². The van der Waals surface area contributed by atoms with Crippen LogP contribution in [0.15, 0.2) is 0 Å². The van der Waals surface area contributed by atoms with Gasteiger partial charge in [-0.25, -0.2) is 4.57 Å². The molecule has 50 valence electrons. The summed E-state index contributed by atoms with van der Waals surface area (Å²) in [5.41, 5.74) is 0. The van der Waals surface area contributed by atoms with Crippen LogP contribution in [0.5, 0.6) is 0 Å². The first kappa shape index (κ1) is 36.2. The monoisotopic (exact) mass is 314 g/mol. The van der Waals surface area contributed by atoms with Crippen molar-refractivity contribution < 1.29 is 38.7 Å². The number of phosphoric acid groups is 1. The number of hydrogen-bond acceptors (Lipinski definition) is 1. The maximum absolute atomic E-state index is 8.88. The Kier molecular flexibility index (Phi) is 71.6. The Labute approximate surface area is 178 Å². The SMILES string of the molecule is O=P(O)(O)O.[CaH2].[CaH2].[CaH2].[MgH2].[Zn]. The van der Waals surface area contributed by atoms with Crippen molar-refractivity contribution in [1.82, 2.24) is 0 Å². The van der Waals surface area contributed by atoms with Crippen molar-refractivity contribution >= 4 is 144 Å². The van der Waals surface area contributed by atoms with Gasteiger partial charge in [-0.15, -0.1) is 0 Å². The molecule has 0 bridgehead atoms. The molecule has 0 spiro atoms. The van der Waals surface area contributed by atoms with Crippen molar-refractivity contribution in [3.05, 3.63) is 0 Å². The molecule has 0 unspecified atom stereocenters. The van der Waals surface area contributed by atoms with E-state index in [0.29, 0.717) is 0 Å². The van der Waals surface area contributed by atoms with Crippen LogP contribution in [0, 0.1) is 0 Å². The minimum absolute atomic E-state index is 0. The minimum atomic E-state index is -4.64. The van der Waals surface area contributed by atoms with E-state index in [0.717, 1.165) is 0 Å². The first-order chi connectivity index (χ1) is 2.00. The Morgan fingerprint density at radius 2 is 0.900 bits per heavy atom. The zero-order valence-corrected chi connectivity index (χ0v) is 6.77. The zero-order valence-electron chi connectivity index (χ0n) is 2.90. The van der Waals surface area contributed by atoms with E-state index in [4.69, 9.17) is 19.2 Å². The van der Waals surface area contributed by atoms with Crippen LogP contribution >= 0.6 is 7.82 Å². The molecule has 0 aliphatic heterocycles. The standard InChI is InChI=1S/3Ca.Mg.H3O4P.Zn.8H/c;;;;1-5(2,3)4;;;;;;;;;/h;;;;(H3,1,2,3,4);;;;;;;;;. The second-order valence-electron chi connectivity index (χ2n) is 0.513. The van der Waals surface area contributed by atoms with E-state index in [1.54, 1.807) is 0 Å². The van der Waals surface area contributed by atoms with Gasteiger partial charge in [0.2, 0.25) is 0 Å². The van der Waals surface area contributed by atoms with E-state index in [1.807, 2.05) is 0 Å². The average molecular weight is 316 g/mol. The predicted octanol–water partition coefficient (Wildman–Crippen LogP) is -4.60. The van der Waals surface area contributed by atoms with Gasteiger partial charge in [0, 0.05) is 19.5 Å². The molecule has 0 radical (unpaired) electrons. The van der Waals surface area contributed by atoms with Gasteiger partial charge in [0.1, 0.15) is 0 Å². The minimum Gasteiger partial charge on any atom is 0 e. The van der Waals surface area contributed by atoms with Crippen molar-refractivity contribution in [2.24, 2.45) is 0 Å². The van der Waals surface area contributed by atoms with Gasteiger partial charge < -0.3 is 14.7 Å². The fourth-order valence-corrected chi connectivity index (χ4v) is 0. The van der Waals surface area contributed by atoms with Crippen molar-refractivity contribution in [3.8, 4) is 0 Å². The second-order valence-corrected chi connectivity index (χ2v) is 1.54. The first-order valence-electron chi connectivity index (χ1n) is 0.783. The summed E-state index contributed by atoms with van der Waals surface area (Å²) in [5.74, 6) is 0. The zero-order chi connectivity index (χ0) is 4.50. The Bertz CT molecular complexity index is 66.6.